The van der Waals surface area contributed by atoms with Crippen molar-refractivity contribution in [2.45, 2.75) is 12.7 Å². The van der Waals surface area contributed by atoms with Crippen molar-refractivity contribution in [2.24, 2.45) is 4.99 Å². The van der Waals surface area contributed by atoms with Crippen molar-refractivity contribution in [1.29, 1.82) is 0 Å². The zero-order valence-corrected chi connectivity index (χ0v) is 14.9. The zero-order chi connectivity index (χ0) is 19.0. The topological polar surface area (TPSA) is 65.5 Å². The third-order valence-corrected chi connectivity index (χ3v) is 4.17. The maximum Gasteiger partial charge on any atom is 0.416 e. The quantitative estimate of drug-likeness (QED) is 0.408. The Hall–Kier alpha value is -2.55. The van der Waals surface area contributed by atoms with Crippen molar-refractivity contribution in [3.63, 3.8) is 0 Å². The summed E-state index contributed by atoms with van der Waals surface area (Å²) < 4.78 is 37.5. The number of benzene rings is 1. The smallest absolute Gasteiger partial charge is 0.355 e. The number of carbonyl (C=O) groups excluding carboxylic acids is 1. The number of hydrogen-bond acceptors (Lipinski definition) is 3. The van der Waals surface area contributed by atoms with Gasteiger partial charge in [-0.1, -0.05) is 0 Å². The van der Waals surface area contributed by atoms with Gasteiger partial charge in [0.05, 0.1) is 5.56 Å². The summed E-state index contributed by atoms with van der Waals surface area (Å²) in [5, 5.41) is 12.8. The predicted octanol–water partition coefficient (Wildman–Crippen LogP) is 2.86. The summed E-state index contributed by atoms with van der Waals surface area (Å²) in [4.78, 5) is 16.0. The van der Waals surface area contributed by atoms with Crippen LogP contribution in [0.15, 0.2) is 46.1 Å². The van der Waals surface area contributed by atoms with Crippen LogP contribution in [0.4, 0.5) is 13.2 Å². The number of guanidine groups is 1. The molecule has 0 fully saturated rings. The minimum Gasteiger partial charge on any atom is -0.355 e. The molecule has 1 aromatic heterocycles. The number of carbonyl (C=O) groups is 1. The van der Waals surface area contributed by atoms with Gasteiger partial charge in [-0.15, -0.1) is 0 Å². The summed E-state index contributed by atoms with van der Waals surface area (Å²) in [5.41, 5.74) is 0.544. The van der Waals surface area contributed by atoms with Gasteiger partial charge in [-0.05, 0) is 46.7 Å². The number of nitrogens with one attached hydrogen (secondary N) is 3. The van der Waals surface area contributed by atoms with E-state index in [1.807, 2.05) is 16.8 Å². The van der Waals surface area contributed by atoms with E-state index in [1.54, 1.807) is 18.4 Å². The lowest BCUT2D eigenvalue weighted by atomic mass is 10.1. The Morgan fingerprint density at radius 2 is 1.77 bits per heavy atom. The summed E-state index contributed by atoms with van der Waals surface area (Å²) in [6.45, 7) is 1.37. The van der Waals surface area contributed by atoms with Crippen molar-refractivity contribution < 1.29 is 18.0 Å². The van der Waals surface area contributed by atoms with Gasteiger partial charge in [-0.2, -0.15) is 24.5 Å². The molecule has 5 nitrogen and oxygen atoms in total. The van der Waals surface area contributed by atoms with E-state index in [9.17, 15) is 18.0 Å². The Bertz CT molecular complexity index is 727. The largest absolute Gasteiger partial charge is 0.416 e. The predicted molar refractivity (Wildman–Crippen MR) is 96.3 cm³/mol. The molecule has 140 valence electrons. The molecule has 26 heavy (non-hydrogen) atoms. The Kier molecular flexibility index (Phi) is 7.02. The number of thiophene rings is 1. The lowest BCUT2D eigenvalue weighted by molar-refractivity contribution is -0.137. The molecule has 0 radical (unpaired) electrons. The van der Waals surface area contributed by atoms with E-state index in [0.717, 1.165) is 29.8 Å². The number of alkyl halides is 3. The highest BCUT2D eigenvalue weighted by atomic mass is 32.1. The first-order valence-corrected chi connectivity index (χ1v) is 8.75. The van der Waals surface area contributed by atoms with Gasteiger partial charge in [0.1, 0.15) is 0 Å². The highest BCUT2D eigenvalue weighted by Gasteiger charge is 2.30. The first-order valence-electron chi connectivity index (χ1n) is 7.81. The summed E-state index contributed by atoms with van der Waals surface area (Å²) >= 11 is 1.61. The molecule has 1 aromatic carbocycles. The Balaban J connectivity index is 1.72. The molecule has 0 aliphatic rings. The first kappa shape index (κ1) is 19.8. The van der Waals surface area contributed by atoms with Crippen LogP contribution >= 0.6 is 11.3 Å². The monoisotopic (exact) mass is 384 g/mol. The fourth-order valence-electron chi connectivity index (χ4n) is 2.07. The summed E-state index contributed by atoms with van der Waals surface area (Å²) in [7, 11) is 1.64. The van der Waals surface area contributed by atoms with E-state index in [1.165, 1.54) is 0 Å². The van der Waals surface area contributed by atoms with Gasteiger partial charge in [0.15, 0.2) is 5.96 Å². The maximum absolute atomic E-state index is 12.5. The number of nitrogens with zero attached hydrogens (tertiary/aromatic N) is 1. The molecule has 9 heteroatoms. The normalized spacial score (nSPS) is 11.9. The van der Waals surface area contributed by atoms with Gasteiger partial charge >= 0.3 is 6.18 Å². The first-order chi connectivity index (χ1) is 12.4. The third kappa shape index (κ3) is 6.07. The van der Waals surface area contributed by atoms with Gasteiger partial charge in [0.2, 0.25) is 0 Å². The molecule has 2 rings (SSSR count). The van der Waals surface area contributed by atoms with Crippen LogP contribution in [0.3, 0.4) is 0 Å². The second-order valence-corrected chi connectivity index (χ2v) is 6.10. The molecule has 3 N–H and O–H groups in total. The van der Waals surface area contributed by atoms with Crippen LogP contribution in [0.25, 0.3) is 0 Å². The van der Waals surface area contributed by atoms with Crippen LogP contribution in [0.5, 0.6) is 0 Å². The van der Waals surface area contributed by atoms with Crippen LogP contribution in [-0.2, 0) is 12.7 Å². The fourth-order valence-corrected chi connectivity index (χ4v) is 2.74. The molecule has 2 aromatic rings. The molecular weight excluding hydrogens is 365 g/mol. The maximum atomic E-state index is 12.5. The van der Waals surface area contributed by atoms with E-state index in [2.05, 4.69) is 20.9 Å². The highest BCUT2D eigenvalue weighted by Crippen LogP contribution is 2.28. The van der Waals surface area contributed by atoms with Crippen molar-refractivity contribution >= 4 is 23.2 Å². The van der Waals surface area contributed by atoms with Crippen molar-refractivity contribution in [1.82, 2.24) is 16.0 Å². The molecule has 1 heterocycles. The number of rotatable bonds is 6. The average molecular weight is 384 g/mol. The molecule has 0 aliphatic heterocycles. The SMILES string of the molecule is CN=C(NCCNC(=O)c1ccc(C(F)(F)F)cc1)NCc1ccsc1. The lowest BCUT2D eigenvalue weighted by Crippen LogP contribution is -2.41. The van der Waals surface area contributed by atoms with Crippen molar-refractivity contribution in [3.05, 3.63) is 57.8 Å². The Labute approximate surface area is 153 Å². The molecule has 0 saturated carbocycles. The molecule has 0 bridgehead atoms. The van der Waals surface area contributed by atoms with Gasteiger partial charge in [-0.25, -0.2) is 0 Å². The van der Waals surface area contributed by atoms with Crippen LogP contribution in [0.1, 0.15) is 21.5 Å². The minimum atomic E-state index is -4.41. The standard InChI is InChI=1S/C17H19F3N4OS/c1-21-16(24-10-12-6-9-26-11-12)23-8-7-22-15(25)13-2-4-14(5-3-13)17(18,19)20/h2-6,9,11H,7-8,10H2,1H3,(H,22,25)(H2,21,23,24). The van der Waals surface area contributed by atoms with Crippen LogP contribution in [-0.4, -0.2) is 32.0 Å². The Morgan fingerprint density at radius 1 is 1.08 bits per heavy atom. The molecule has 0 unspecified atom stereocenters. The molecule has 1 amide bonds. The fraction of sp³-hybridized carbons (Fsp3) is 0.294. The lowest BCUT2D eigenvalue weighted by Gasteiger charge is -2.12. The van der Waals surface area contributed by atoms with Crippen LogP contribution in [0.2, 0.25) is 0 Å². The van der Waals surface area contributed by atoms with Crippen molar-refractivity contribution in [3.8, 4) is 0 Å². The zero-order valence-electron chi connectivity index (χ0n) is 14.1. The second-order valence-electron chi connectivity index (χ2n) is 5.32. The third-order valence-electron chi connectivity index (χ3n) is 3.44. The molecule has 0 aliphatic carbocycles. The summed E-state index contributed by atoms with van der Waals surface area (Å²) in [6, 6.07) is 6.11. The summed E-state index contributed by atoms with van der Waals surface area (Å²) in [6.07, 6.45) is -4.41. The van der Waals surface area contributed by atoms with Crippen LogP contribution in [0, 0.1) is 0 Å². The molecule has 0 spiro atoms. The van der Waals surface area contributed by atoms with Crippen molar-refractivity contribution in [2.75, 3.05) is 20.1 Å². The molecule has 0 saturated heterocycles. The van der Waals surface area contributed by atoms with E-state index in [0.29, 0.717) is 25.6 Å². The highest BCUT2D eigenvalue weighted by molar-refractivity contribution is 7.07. The van der Waals surface area contributed by atoms with Gasteiger partial charge < -0.3 is 16.0 Å². The van der Waals surface area contributed by atoms with Gasteiger partial charge in [-0.3, -0.25) is 9.79 Å². The molecule has 0 atom stereocenters. The van der Waals surface area contributed by atoms with E-state index in [4.69, 9.17) is 0 Å². The minimum absolute atomic E-state index is 0.179. The van der Waals surface area contributed by atoms with Gasteiger partial charge in [0, 0.05) is 32.2 Å². The summed E-state index contributed by atoms with van der Waals surface area (Å²) in [5.74, 6) is 0.168. The van der Waals surface area contributed by atoms with E-state index in [-0.39, 0.29) is 5.56 Å². The number of hydrogen-bond donors (Lipinski definition) is 3. The number of halogens is 3. The number of aliphatic imine (C=N–C) groups is 1. The second kappa shape index (κ2) is 9.23. The average Bonchev–Trinajstić information content (AvgIpc) is 3.14. The number of amides is 1. The molecular formula is C17H19F3N4OS. The van der Waals surface area contributed by atoms with E-state index >= 15 is 0 Å². The van der Waals surface area contributed by atoms with Gasteiger partial charge in [0.25, 0.3) is 5.91 Å². The van der Waals surface area contributed by atoms with Crippen LogP contribution < -0.4 is 16.0 Å². The Morgan fingerprint density at radius 3 is 2.35 bits per heavy atom. The van der Waals surface area contributed by atoms with E-state index < -0.39 is 17.6 Å².